The summed E-state index contributed by atoms with van der Waals surface area (Å²) in [6, 6.07) is 0.616. The van der Waals surface area contributed by atoms with Crippen LogP contribution in [0, 0.1) is 5.92 Å². The molecule has 1 amide bonds. The summed E-state index contributed by atoms with van der Waals surface area (Å²) in [4.78, 5) is 13.1. The Morgan fingerprint density at radius 1 is 1.29 bits per heavy atom. The molecule has 0 bridgehead atoms. The van der Waals surface area contributed by atoms with Crippen LogP contribution >= 0.6 is 0 Å². The van der Waals surface area contributed by atoms with Gasteiger partial charge in [-0.2, -0.15) is 0 Å². The Morgan fingerprint density at radius 2 is 1.94 bits per heavy atom. The van der Waals surface area contributed by atoms with E-state index in [2.05, 4.69) is 12.2 Å². The Balaban J connectivity index is 2.07. The zero-order chi connectivity index (χ0) is 12.7. The predicted octanol–water partition coefficient (Wildman–Crippen LogP) is 2.41. The lowest BCUT2D eigenvalue weighted by molar-refractivity contribution is -0.128. The van der Waals surface area contributed by atoms with Crippen molar-refractivity contribution in [1.82, 2.24) is 10.2 Å². The first kappa shape index (κ1) is 14.5. The topological polar surface area (TPSA) is 32.3 Å². The molecule has 3 heteroatoms. The highest BCUT2D eigenvalue weighted by molar-refractivity contribution is 5.75. The van der Waals surface area contributed by atoms with E-state index in [1.54, 1.807) is 4.90 Å². The normalized spacial score (nSPS) is 19.0. The van der Waals surface area contributed by atoms with Gasteiger partial charge in [0.05, 0.1) is 0 Å². The fraction of sp³-hybridized carbons (Fsp3) is 0.929. The molecule has 1 aliphatic carbocycles. The zero-order valence-corrected chi connectivity index (χ0v) is 11.7. The molecule has 0 aromatic rings. The largest absolute Gasteiger partial charge is 0.349 e. The van der Waals surface area contributed by atoms with E-state index < -0.39 is 0 Å². The monoisotopic (exact) mass is 240 g/mol. The lowest BCUT2D eigenvalue weighted by atomic mass is 9.84. The lowest BCUT2D eigenvalue weighted by Crippen LogP contribution is -2.35. The van der Waals surface area contributed by atoms with E-state index in [4.69, 9.17) is 0 Å². The van der Waals surface area contributed by atoms with Crippen LogP contribution in [-0.2, 0) is 4.79 Å². The van der Waals surface area contributed by atoms with Crippen LogP contribution in [0.2, 0.25) is 0 Å². The molecule has 1 aliphatic rings. The van der Waals surface area contributed by atoms with E-state index in [0.717, 1.165) is 18.9 Å². The van der Waals surface area contributed by atoms with Gasteiger partial charge in [0.1, 0.15) is 0 Å². The molecule has 0 aromatic carbocycles. The van der Waals surface area contributed by atoms with E-state index in [9.17, 15) is 4.79 Å². The number of rotatable bonds is 6. The van der Waals surface area contributed by atoms with Crippen molar-refractivity contribution in [2.45, 2.75) is 57.9 Å². The molecule has 0 aromatic heterocycles. The van der Waals surface area contributed by atoms with Gasteiger partial charge >= 0.3 is 0 Å². The van der Waals surface area contributed by atoms with Crippen LogP contribution in [0.1, 0.15) is 51.9 Å². The van der Waals surface area contributed by atoms with E-state index in [0.29, 0.717) is 12.5 Å². The average molecular weight is 240 g/mol. The van der Waals surface area contributed by atoms with Crippen molar-refractivity contribution in [2.24, 2.45) is 5.92 Å². The van der Waals surface area contributed by atoms with Crippen molar-refractivity contribution >= 4 is 5.91 Å². The molecular formula is C14H28N2O. The van der Waals surface area contributed by atoms with E-state index in [1.807, 2.05) is 14.1 Å². The maximum atomic E-state index is 11.4. The molecule has 0 heterocycles. The molecule has 3 nitrogen and oxygen atoms in total. The van der Waals surface area contributed by atoms with Crippen LogP contribution < -0.4 is 5.32 Å². The Bertz CT molecular complexity index is 222. The lowest BCUT2D eigenvalue weighted by Gasteiger charge is -2.28. The number of nitrogens with one attached hydrogen (secondary N) is 1. The van der Waals surface area contributed by atoms with Crippen molar-refractivity contribution in [1.29, 1.82) is 0 Å². The molecule has 17 heavy (non-hydrogen) atoms. The van der Waals surface area contributed by atoms with E-state index in [-0.39, 0.29) is 5.91 Å². The second-order valence-corrected chi connectivity index (χ2v) is 5.53. The van der Waals surface area contributed by atoms with Gasteiger partial charge in [-0.25, -0.2) is 0 Å². The molecule has 1 rings (SSSR count). The van der Waals surface area contributed by atoms with Gasteiger partial charge in [0.15, 0.2) is 0 Å². The second kappa shape index (κ2) is 7.70. The van der Waals surface area contributed by atoms with Crippen LogP contribution in [-0.4, -0.2) is 37.5 Å². The number of carbonyl (C=O) groups is 1. The minimum Gasteiger partial charge on any atom is -0.349 e. The quantitative estimate of drug-likeness (QED) is 0.723. The molecule has 0 spiro atoms. The Labute approximate surface area is 106 Å². The van der Waals surface area contributed by atoms with Gasteiger partial charge in [-0.15, -0.1) is 0 Å². The van der Waals surface area contributed by atoms with Crippen LogP contribution in [0.15, 0.2) is 0 Å². The Hall–Kier alpha value is -0.570. The first-order chi connectivity index (χ1) is 8.11. The van der Waals surface area contributed by atoms with Crippen molar-refractivity contribution in [3.05, 3.63) is 0 Å². The van der Waals surface area contributed by atoms with Gasteiger partial charge < -0.3 is 10.2 Å². The Kier molecular flexibility index (Phi) is 6.56. The smallest absolute Gasteiger partial charge is 0.222 e. The second-order valence-electron chi connectivity index (χ2n) is 5.53. The first-order valence-corrected chi connectivity index (χ1v) is 7.05. The summed E-state index contributed by atoms with van der Waals surface area (Å²) in [6.07, 6.45) is 8.59. The number of hydrogen-bond acceptors (Lipinski definition) is 2. The predicted molar refractivity (Wildman–Crippen MR) is 72.0 cm³/mol. The molecule has 1 N–H and O–H groups in total. The van der Waals surface area contributed by atoms with Gasteiger partial charge in [0.25, 0.3) is 0 Å². The third-order valence-electron chi connectivity index (χ3n) is 3.89. The summed E-state index contributed by atoms with van der Waals surface area (Å²) in [7, 11) is 3.64. The van der Waals surface area contributed by atoms with Crippen molar-refractivity contribution < 1.29 is 4.79 Å². The number of carbonyl (C=O) groups excluding carboxylic acids is 1. The number of nitrogens with zero attached hydrogens (tertiary/aromatic N) is 1. The molecule has 1 atom stereocenters. The third kappa shape index (κ3) is 5.53. The van der Waals surface area contributed by atoms with Crippen molar-refractivity contribution in [2.75, 3.05) is 20.6 Å². The fourth-order valence-electron chi connectivity index (χ4n) is 2.59. The molecule has 1 saturated carbocycles. The molecule has 100 valence electrons. The first-order valence-electron chi connectivity index (χ1n) is 7.05. The minimum absolute atomic E-state index is 0.233. The molecule has 0 unspecified atom stereocenters. The number of amides is 1. The standard InChI is InChI=1S/C14H28N2O/c1-12(13-8-5-4-6-9-13)15-11-7-10-14(17)16(2)3/h12-13,15H,4-11H2,1-3H3/t12-/m1/s1. The molecule has 0 saturated heterocycles. The van der Waals surface area contributed by atoms with Crippen LogP contribution in [0.25, 0.3) is 0 Å². The van der Waals surface area contributed by atoms with Gasteiger partial charge in [-0.1, -0.05) is 19.3 Å². The highest BCUT2D eigenvalue weighted by Gasteiger charge is 2.19. The van der Waals surface area contributed by atoms with Gasteiger partial charge in [-0.3, -0.25) is 4.79 Å². The maximum absolute atomic E-state index is 11.4. The molecule has 1 fully saturated rings. The van der Waals surface area contributed by atoms with Crippen LogP contribution in [0.3, 0.4) is 0 Å². The Morgan fingerprint density at radius 3 is 2.53 bits per heavy atom. The van der Waals surface area contributed by atoms with Gasteiger partial charge in [-0.05, 0) is 38.6 Å². The highest BCUT2D eigenvalue weighted by Crippen LogP contribution is 2.26. The van der Waals surface area contributed by atoms with Gasteiger partial charge in [0, 0.05) is 26.6 Å². The zero-order valence-electron chi connectivity index (χ0n) is 11.7. The van der Waals surface area contributed by atoms with Gasteiger partial charge in [0.2, 0.25) is 5.91 Å². The molecule has 0 aliphatic heterocycles. The summed E-state index contributed by atoms with van der Waals surface area (Å²) >= 11 is 0. The number of hydrogen-bond donors (Lipinski definition) is 1. The van der Waals surface area contributed by atoms with Crippen molar-refractivity contribution in [3.63, 3.8) is 0 Å². The maximum Gasteiger partial charge on any atom is 0.222 e. The fourth-order valence-corrected chi connectivity index (χ4v) is 2.59. The molecule has 0 radical (unpaired) electrons. The third-order valence-corrected chi connectivity index (χ3v) is 3.89. The summed E-state index contributed by atoms with van der Waals surface area (Å²) in [5.41, 5.74) is 0. The summed E-state index contributed by atoms with van der Waals surface area (Å²) in [6.45, 7) is 3.26. The van der Waals surface area contributed by atoms with Crippen LogP contribution in [0.4, 0.5) is 0 Å². The van der Waals surface area contributed by atoms with Crippen molar-refractivity contribution in [3.8, 4) is 0 Å². The van der Waals surface area contributed by atoms with E-state index in [1.165, 1.54) is 32.1 Å². The summed E-state index contributed by atoms with van der Waals surface area (Å²) < 4.78 is 0. The summed E-state index contributed by atoms with van der Waals surface area (Å²) in [5.74, 6) is 1.09. The van der Waals surface area contributed by atoms with Crippen LogP contribution in [0.5, 0.6) is 0 Å². The summed E-state index contributed by atoms with van der Waals surface area (Å²) in [5, 5.41) is 3.58. The average Bonchev–Trinajstić information content (AvgIpc) is 2.35. The van der Waals surface area contributed by atoms with E-state index >= 15 is 0 Å². The highest BCUT2D eigenvalue weighted by atomic mass is 16.2. The SMILES string of the molecule is C[C@@H](NCCCC(=O)N(C)C)C1CCCCC1. The molecular weight excluding hydrogens is 212 g/mol. The minimum atomic E-state index is 0.233.